The lowest BCUT2D eigenvalue weighted by Crippen LogP contribution is -2.24. The normalized spacial score (nSPS) is 20.4. The lowest BCUT2D eigenvalue weighted by Gasteiger charge is -2.19. The third-order valence-corrected chi connectivity index (χ3v) is 5.17. The van der Waals surface area contributed by atoms with Crippen LogP contribution in [-0.2, 0) is 16.1 Å². The second-order valence-corrected chi connectivity index (χ2v) is 6.66. The van der Waals surface area contributed by atoms with Crippen LogP contribution in [0.5, 0.6) is 5.75 Å². The molecule has 1 heterocycles. The van der Waals surface area contributed by atoms with E-state index in [-0.39, 0.29) is 17.8 Å². The van der Waals surface area contributed by atoms with Crippen LogP contribution in [0, 0.1) is 5.92 Å². The molecule has 4 nitrogen and oxygen atoms in total. The molecule has 0 radical (unpaired) electrons. The van der Waals surface area contributed by atoms with Crippen molar-refractivity contribution in [3.63, 3.8) is 0 Å². The number of benzene rings is 2. The molecule has 5 heteroatoms. The van der Waals surface area contributed by atoms with Crippen molar-refractivity contribution in [2.75, 3.05) is 27.3 Å². The number of carbonyl (C=O) groups excluding carboxylic acids is 1. The average Bonchev–Trinajstić information content (AvgIpc) is 3.05. The Kier molecular flexibility index (Phi) is 5.61. The van der Waals surface area contributed by atoms with E-state index in [9.17, 15) is 4.79 Å². The van der Waals surface area contributed by atoms with Crippen LogP contribution in [0.25, 0.3) is 0 Å². The van der Waals surface area contributed by atoms with Crippen LogP contribution in [0.1, 0.15) is 17.0 Å². The van der Waals surface area contributed by atoms with E-state index in [2.05, 4.69) is 17.0 Å². The maximum atomic E-state index is 12.3. The number of halogens is 1. The van der Waals surface area contributed by atoms with Crippen LogP contribution in [0.4, 0.5) is 0 Å². The minimum atomic E-state index is -0.238. The molecule has 0 aliphatic carbocycles. The molecule has 2 aromatic rings. The molecule has 0 N–H and O–H groups in total. The van der Waals surface area contributed by atoms with Gasteiger partial charge in [0, 0.05) is 25.6 Å². The Morgan fingerprint density at radius 2 is 1.88 bits per heavy atom. The molecular formula is C20H22ClNO3. The third-order valence-electron chi connectivity index (χ3n) is 4.76. The first kappa shape index (κ1) is 17.8. The van der Waals surface area contributed by atoms with Crippen molar-refractivity contribution in [1.29, 1.82) is 0 Å². The first-order chi connectivity index (χ1) is 12.1. The lowest BCUT2D eigenvalue weighted by atomic mass is 9.89. The minimum Gasteiger partial charge on any atom is -0.495 e. The molecule has 0 spiro atoms. The Hall–Kier alpha value is -2.04. The molecule has 0 saturated carbocycles. The van der Waals surface area contributed by atoms with Crippen LogP contribution < -0.4 is 4.74 Å². The number of ether oxygens (including phenoxy) is 2. The standard InChI is InChI=1S/C20H22ClNO3/c1-24-18-10-6-9-15(19(18)21)16-12-22(13-17(16)20(23)25-2)11-14-7-4-3-5-8-14/h3-10,16-17H,11-13H2,1-2H3. The minimum absolute atomic E-state index is 0.0150. The van der Waals surface area contributed by atoms with E-state index >= 15 is 0 Å². The summed E-state index contributed by atoms with van der Waals surface area (Å²) in [6.45, 7) is 2.20. The highest BCUT2D eigenvalue weighted by Gasteiger charge is 2.40. The van der Waals surface area contributed by atoms with E-state index < -0.39 is 0 Å². The molecule has 2 aromatic carbocycles. The fourth-order valence-electron chi connectivity index (χ4n) is 3.53. The van der Waals surface area contributed by atoms with Crippen molar-refractivity contribution < 1.29 is 14.3 Å². The van der Waals surface area contributed by atoms with Gasteiger partial charge >= 0.3 is 5.97 Å². The van der Waals surface area contributed by atoms with Gasteiger partial charge in [-0.2, -0.15) is 0 Å². The first-order valence-corrected chi connectivity index (χ1v) is 8.68. The van der Waals surface area contributed by atoms with E-state index in [1.54, 1.807) is 7.11 Å². The zero-order chi connectivity index (χ0) is 17.8. The maximum absolute atomic E-state index is 12.3. The third kappa shape index (κ3) is 3.80. The fourth-order valence-corrected chi connectivity index (χ4v) is 3.88. The fraction of sp³-hybridized carbons (Fsp3) is 0.350. The van der Waals surface area contributed by atoms with Gasteiger partial charge in [-0.25, -0.2) is 0 Å². The van der Waals surface area contributed by atoms with Gasteiger partial charge in [0.15, 0.2) is 0 Å². The van der Waals surface area contributed by atoms with Crippen LogP contribution in [-0.4, -0.2) is 38.2 Å². The molecule has 1 aliphatic rings. The molecule has 2 atom stereocenters. The number of hydrogen-bond acceptors (Lipinski definition) is 4. The van der Waals surface area contributed by atoms with Gasteiger partial charge in [-0.05, 0) is 17.2 Å². The molecular weight excluding hydrogens is 338 g/mol. The summed E-state index contributed by atoms with van der Waals surface area (Å²) in [7, 11) is 3.03. The highest BCUT2D eigenvalue weighted by atomic mass is 35.5. The predicted octanol–water partition coefficient (Wildman–Crippen LogP) is 3.74. The monoisotopic (exact) mass is 359 g/mol. The molecule has 1 aliphatic heterocycles. The van der Waals surface area contributed by atoms with E-state index in [1.165, 1.54) is 12.7 Å². The van der Waals surface area contributed by atoms with Gasteiger partial charge in [0.1, 0.15) is 5.75 Å². The number of hydrogen-bond donors (Lipinski definition) is 0. The van der Waals surface area contributed by atoms with Gasteiger partial charge in [0.2, 0.25) is 0 Å². The van der Waals surface area contributed by atoms with Crippen molar-refractivity contribution in [1.82, 2.24) is 4.90 Å². The number of nitrogens with zero attached hydrogens (tertiary/aromatic N) is 1. The van der Waals surface area contributed by atoms with Gasteiger partial charge in [-0.3, -0.25) is 9.69 Å². The summed E-state index contributed by atoms with van der Waals surface area (Å²) >= 11 is 6.51. The molecule has 3 rings (SSSR count). The van der Waals surface area contributed by atoms with Crippen molar-refractivity contribution in [3.8, 4) is 5.75 Å². The maximum Gasteiger partial charge on any atom is 0.310 e. The average molecular weight is 360 g/mol. The second-order valence-electron chi connectivity index (χ2n) is 6.28. The van der Waals surface area contributed by atoms with Gasteiger partial charge in [-0.15, -0.1) is 0 Å². The predicted molar refractivity (Wildman–Crippen MR) is 98.0 cm³/mol. The van der Waals surface area contributed by atoms with Crippen LogP contribution in [0.15, 0.2) is 48.5 Å². The smallest absolute Gasteiger partial charge is 0.310 e. The Bertz CT molecular complexity index is 735. The molecule has 0 aromatic heterocycles. The van der Waals surface area contributed by atoms with Crippen molar-refractivity contribution in [2.24, 2.45) is 5.92 Å². The molecule has 2 unspecified atom stereocenters. The van der Waals surface area contributed by atoms with Gasteiger partial charge < -0.3 is 9.47 Å². The zero-order valence-electron chi connectivity index (χ0n) is 14.4. The summed E-state index contributed by atoms with van der Waals surface area (Å²) in [4.78, 5) is 14.6. The Labute approximate surface area is 153 Å². The molecule has 0 amide bonds. The topological polar surface area (TPSA) is 38.8 Å². The number of rotatable bonds is 5. The SMILES string of the molecule is COC(=O)C1CN(Cc2ccccc2)CC1c1cccc(OC)c1Cl. The largest absolute Gasteiger partial charge is 0.495 e. The number of carbonyl (C=O) groups is 1. The molecule has 0 bridgehead atoms. The highest BCUT2D eigenvalue weighted by Crippen LogP contribution is 2.40. The summed E-state index contributed by atoms with van der Waals surface area (Å²) in [6, 6.07) is 16.0. The molecule has 1 fully saturated rings. The second kappa shape index (κ2) is 7.89. The lowest BCUT2D eigenvalue weighted by molar-refractivity contribution is -0.145. The van der Waals surface area contributed by atoms with Crippen LogP contribution in [0.2, 0.25) is 5.02 Å². The summed E-state index contributed by atoms with van der Waals surface area (Å²) in [5.41, 5.74) is 2.16. The van der Waals surface area contributed by atoms with Crippen LogP contribution >= 0.6 is 11.6 Å². The zero-order valence-corrected chi connectivity index (χ0v) is 15.2. The van der Waals surface area contributed by atoms with Crippen molar-refractivity contribution in [3.05, 3.63) is 64.7 Å². The van der Waals surface area contributed by atoms with E-state index in [0.29, 0.717) is 17.3 Å². The summed E-state index contributed by atoms with van der Waals surface area (Å²) < 4.78 is 10.4. The van der Waals surface area contributed by atoms with Crippen molar-refractivity contribution in [2.45, 2.75) is 12.5 Å². The number of likely N-dealkylation sites (tertiary alicyclic amines) is 1. The van der Waals surface area contributed by atoms with Crippen molar-refractivity contribution >= 4 is 17.6 Å². The van der Waals surface area contributed by atoms with Gasteiger partial charge in [0.05, 0.1) is 25.2 Å². The van der Waals surface area contributed by atoms with Gasteiger partial charge in [0.25, 0.3) is 0 Å². The quantitative estimate of drug-likeness (QED) is 0.762. The summed E-state index contributed by atoms with van der Waals surface area (Å²) in [5, 5.41) is 0.575. The Morgan fingerprint density at radius 3 is 2.56 bits per heavy atom. The van der Waals surface area contributed by atoms with E-state index in [1.807, 2.05) is 36.4 Å². The van der Waals surface area contributed by atoms with E-state index in [0.717, 1.165) is 18.7 Å². The summed E-state index contributed by atoms with van der Waals surface area (Å²) in [5.74, 6) is 0.181. The van der Waals surface area contributed by atoms with Crippen LogP contribution in [0.3, 0.4) is 0 Å². The molecule has 132 valence electrons. The first-order valence-electron chi connectivity index (χ1n) is 8.30. The Morgan fingerprint density at radius 1 is 1.12 bits per heavy atom. The number of methoxy groups -OCH3 is 2. The molecule has 25 heavy (non-hydrogen) atoms. The van der Waals surface area contributed by atoms with Gasteiger partial charge in [-0.1, -0.05) is 54.1 Å². The Balaban J connectivity index is 1.87. The highest BCUT2D eigenvalue weighted by molar-refractivity contribution is 6.33. The molecule has 1 saturated heterocycles. The number of esters is 1. The van der Waals surface area contributed by atoms with E-state index in [4.69, 9.17) is 21.1 Å². The summed E-state index contributed by atoms with van der Waals surface area (Å²) in [6.07, 6.45) is 0.